The molecule has 1 aliphatic rings. The largest absolute Gasteiger partial charge is 0.508 e. The van der Waals surface area contributed by atoms with Crippen LogP contribution >= 0.6 is 11.8 Å². The van der Waals surface area contributed by atoms with Crippen LogP contribution < -0.4 is 5.32 Å². The van der Waals surface area contributed by atoms with Crippen LogP contribution in [0.15, 0.2) is 18.2 Å². The molecule has 1 aliphatic carbocycles. The Bertz CT molecular complexity index is 432. The lowest BCUT2D eigenvalue weighted by molar-refractivity contribution is 0.0943. The maximum absolute atomic E-state index is 11.9. The topological polar surface area (TPSA) is 69.6 Å². The standard InChI is InChI=1S/C13H17NO3S/c1-18-13(3-2-4-13)8-14-12(17)9-5-10(15)7-11(16)6-9/h5-7,15-16H,2-4,8H2,1H3,(H,14,17). The van der Waals surface area contributed by atoms with E-state index in [9.17, 15) is 15.0 Å². The second-order valence-electron chi connectivity index (χ2n) is 4.66. The Labute approximate surface area is 110 Å². The second kappa shape index (κ2) is 5.10. The first-order chi connectivity index (χ1) is 8.54. The van der Waals surface area contributed by atoms with E-state index in [1.807, 2.05) is 0 Å². The molecule has 3 N–H and O–H groups in total. The van der Waals surface area contributed by atoms with Gasteiger partial charge in [0.25, 0.3) is 5.91 Å². The Balaban J connectivity index is 1.99. The van der Waals surface area contributed by atoms with Crippen LogP contribution in [-0.4, -0.2) is 33.7 Å². The van der Waals surface area contributed by atoms with Gasteiger partial charge in [-0.15, -0.1) is 0 Å². The van der Waals surface area contributed by atoms with E-state index < -0.39 is 0 Å². The monoisotopic (exact) mass is 267 g/mol. The van der Waals surface area contributed by atoms with Crippen molar-refractivity contribution in [1.29, 1.82) is 0 Å². The van der Waals surface area contributed by atoms with Gasteiger partial charge in [0.1, 0.15) is 11.5 Å². The Morgan fingerprint density at radius 1 is 1.33 bits per heavy atom. The van der Waals surface area contributed by atoms with Gasteiger partial charge in [-0.1, -0.05) is 6.42 Å². The van der Waals surface area contributed by atoms with Crippen LogP contribution in [0.1, 0.15) is 29.6 Å². The lowest BCUT2D eigenvalue weighted by atomic mass is 9.84. The van der Waals surface area contributed by atoms with E-state index in [-0.39, 0.29) is 27.7 Å². The molecule has 1 aromatic rings. The predicted molar refractivity (Wildman–Crippen MR) is 72.2 cm³/mol. The average molecular weight is 267 g/mol. The van der Waals surface area contributed by atoms with Gasteiger partial charge in [0.05, 0.1) is 0 Å². The molecule has 4 nitrogen and oxygen atoms in total. The number of hydrogen-bond acceptors (Lipinski definition) is 4. The molecule has 98 valence electrons. The molecule has 1 saturated carbocycles. The Morgan fingerprint density at radius 2 is 1.94 bits per heavy atom. The summed E-state index contributed by atoms with van der Waals surface area (Å²) in [4.78, 5) is 11.9. The number of nitrogens with one attached hydrogen (secondary N) is 1. The van der Waals surface area contributed by atoms with E-state index in [0.29, 0.717) is 6.54 Å². The fourth-order valence-electron chi connectivity index (χ4n) is 2.09. The highest BCUT2D eigenvalue weighted by atomic mass is 32.2. The van der Waals surface area contributed by atoms with Gasteiger partial charge in [0.2, 0.25) is 0 Å². The van der Waals surface area contributed by atoms with Crippen LogP contribution in [-0.2, 0) is 0 Å². The van der Waals surface area contributed by atoms with Crippen LogP contribution in [0.2, 0.25) is 0 Å². The smallest absolute Gasteiger partial charge is 0.251 e. The number of amides is 1. The summed E-state index contributed by atoms with van der Waals surface area (Å²) in [5.41, 5.74) is 0.281. The molecule has 2 rings (SSSR count). The molecule has 1 aromatic carbocycles. The molecule has 0 aliphatic heterocycles. The summed E-state index contributed by atoms with van der Waals surface area (Å²) < 4.78 is 0.175. The lowest BCUT2D eigenvalue weighted by Gasteiger charge is -2.40. The van der Waals surface area contributed by atoms with E-state index in [1.165, 1.54) is 24.6 Å². The number of benzene rings is 1. The molecule has 0 saturated heterocycles. The van der Waals surface area contributed by atoms with Crippen molar-refractivity contribution < 1.29 is 15.0 Å². The van der Waals surface area contributed by atoms with Gasteiger partial charge in [-0.2, -0.15) is 11.8 Å². The quantitative estimate of drug-likeness (QED) is 0.781. The number of carbonyl (C=O) groups excluding carboxylic acids is 1. The summed E-state index contributed by atoms with van der Waals surface area (Å²) in [6.45, 7) is 0.628. The van der Waals surface area contributed by atoms with Crippen molar-refractivity contribution in [3.05, 3.63) is 23.8 Å². The van der Waals surface area contributed by atoms with Crippen LogP contribution in [0.5, 0.6) is 11.5 Å². The Morgan fingerprint density at radius 3 is 2.39 bits per heavy atom. The second-order valence-corrected chi connectivity index (χ2v) is 5.94. The molecular formula is C13H17NO3S. The normalized spacial score (nSPS) is 16.9. The van der Waals surface area contributed by atoms with Gasteiger partial charge in [0, 0.05) is 22.9 Å². The first-order valence-corrected chi connectivity index (χ1v) is 7.13. The molecule has 5 heteroatoms. The van der Waals surface area contributed by atoms with Crippen molar-refractivity contribution in [2.24, 2.45) is 0 Å². The molecule has 18 heavy (non-hydrogen) atoms. The van der Waals surface area contributed by atoms with Gasteiger partial charge >= 0.3 is 0 Å². The summed E-state index contributed by atoms with van der Waals surface area (Å²) in [7, 11) is 0. The van der Waals surface area contributed by atoms with Crippen LogP contribution in [0.4, 0.5) is 0 Å². The van der Waals surface area contributed by atoms with Crippen LogP contribution in [0.25, 0.3) is 0 Å². The number of hydrogen-bond donors (Lipinski definition) is 3. The Kier molecular flexibility index (Phi) is 3.71. The minimum absolute atomic E-state index is 0.108. The van der Waals surface area contributed by atoms with Crippen molar-refractivity contribution in [2.45, 2.75) is 24.0 Å². The van der Waals surface area contributed by atoms with Gasteiger partial charge in [-0.3, -0.25) is 4.79 Å². The third kappa shape index (κ3) is 2.72. The molecule has 0 aromatic heterocycles. The first kappa shape index (κ1) is 13.1. The molecular weight excluding hydrogens is 250 g/mol. The van der Waals surface area contributed by atoms with Crippen molar-refractivity contribution in [2.75, 3.05) is 12.8 Å². The molecule has 1 amide bonds. The van der Waals surface area contributed by atoms with Gasteiger partial charge in [0.15, 0.2) is 0 Å². The highest BCUT2D eigenvalue weighted by Crippen LogP contribution is 2.42. The zero-order valence-corrected chi connectivity index (χ0v) is 11.1. The fourth-order valence-corrected chi connectivity index (χ4v) is 3.01. The first-order valence-electron chi connectivity index (χ1n) is 5.91. The number of aromatic hydroxyl groups is 2. The number of phenols is 2. The van der Waals surface area contributed by atoms with Crippen molar-refractivity contribution in [1.82, 2.24) is 5.32 Å². The number of thioether (sulfide) groups is 1. The van der Waals surface area contributed by atoms with Gasteiger partial charge < -0.3 is 15.5 Å². The van der Waals surface area contributed by atoms with Crippen molar-refractivity contribution >= 4 is 17.7 Å². The minimum atomic E-state index is -0.262. The van der Waals surface area contributed by atoms with E-state index >= 15 is 0 Å². The molecule has 0 bridgehead atoms. The molecule has 0 spiro atoms. The summed E-state index contributed by atoms with van der Waals surface area (Å²) in [6, 6.07) is 3.90. The van der Waals surface area contributed by atoms with Crippen LogP contribution in [0.3, 0.4) is 0 Å². The summed E-state index contributed by atoms with van der Waals surface area (Å²) in [6.07, 6.45) is 5.52. The average Bonchev–Trinajstić information content (AvgIpc) is 2.26. The third-order valence-corrected chi connectivity index (χ3v) is 4.85. The lowest BCUT2D eigenvalue weighted by Crippen LogP contribution is -2.45. The number of phenolic OH excluding ortho intramolecular Hbond substituents is 2. The third-order valence-electron chi connectivity index (χ3n) is 3.43. The zero-order valence-electron chi connectivity index (χ0n) is 10.3. The molecule has 0 radical (unpaired) electrons. The SMILES string of the molecule is CSC1(CNC(=O)c2cc(O)cc(O)c2)CCC1. The summed E-state index contributed by atoms with van der Waals surface area (Å²) in [5.74, 6) is -0.478. The van der Waals surface area contributed by atoms with Crippen molar-refractivity contribution in [3.63, 3.8) is 0 Å². The van der Waals surface area contributed by atoms with Crippen LogP contribution in [0, 0.1) is 0 Å². The maximum Gasteiger partial charge on any atom is 0.251 e. The molecule has 0 atom stereocenters. The van der Waals surface area contributed by atoms with E-state index in [0.717, 1.165) is 12.8 Å². The fraction of sp³-hybridized carbons (Fsp3) is 0.462. The van der Waals surface area contributed by atoms with Crippen molar-refractivity contribution in [3.8, 4) is 11.5 Å². The van der Waals surface area contributed by atoms with Gasteiger partial charge in [-0.25, -0.2) is 0 Å². The molecule has 0 heterocycles. The summed E-state index contributed by atoms with van der Waals surface area (Å²) in [5, 5.41) is 21.5. The van der Waals surface area contributed by atoms with E-state index in [2.05, 4.69) is 11.6 Å². The molecule has 1 fully saturated rings. The molecule has 0 unspecified atom stereocenters. The number of carbonyl (C=O) groups is 1. The predicted octanol–water partition coefficient (Wildman–Crippen LogP) is 2.11. The maximum atomic E-state index is 11.9. The highest BCUT2D eigenvalue weighted by molar-refractivity contribution is 8.00. The highest BCUT2D eigenvalue weighted by Gasteiger charge is 2.36. The number of rotatable bonds is 4. The Hall–Kier alpha value is -1.36. The van der Waals surface area contributed by atoms with E-state index in [4.69, 9.17) is 0 Å². The zero-order chi connectivity index (χ0) is 13.2. The minimum Gasteiger partial charge on any atom is -0.508 e. The van der Waals surface area contributed by atoms with E-state index in [1.54, 1.807) is 11.8 Å². The van der Waals surface area contributed by atoms with Gasteiger partial charge in [-0.05, 0) is 31.2 Å². The summed E-state index contributed by atoms with van der Waals surface area (Å²) >= 11 is 1.79.